The summed E-state index contributed by atoms with van der Waals surface area (Å²) in [4.78, 5) is 0. The molecule has 0 aromatic carbocycles. The third kappa shape index (κ3) is 4.22. The normalized spacial score (nSPS) is 29.5. The first-order chi connectivity index (χ1) is 5.55. The van der Waals surface area contributed by atoms with Crippen LogP contribution in [0.5, 0.6) is 0 Å². The van der Waals surface area contributed by atoms with Gasteiger partial charge in [-0.2, -0.15) is 0 Å². The van der Waals surface area contributed by atoms with E-state index in [1.54, 1.807) is 0 Å². The molecule has 72 valence electrons. The van der Waals surface area contributed by atoms with Gasteiger partial charge in [0.2, 0.25) is 0 Å². The van der Waals surface area contributed by atoms with E-state index in [2.05, 4.69) is 0 Å². The Morgan fingerprint density at radius 1 is 1.15 bits per heavy atom. The summed E-state index contributed by atoms with van der Waals surface area (Å²) in [5, 5.41) is 0. The largest absolute Gasteiger partial charge is 1.00 e. The summed E-state index contributed by atoms with van der Waals surface area (Å²) < 4.78 is 41.9. The summed E-state index contributed by atoms with van der Waals surface area (Å²) in [6.45, 7) is -4.70. The smallest absolute Gasteiger partial charge is 0.449 e. The zero-order valence-corrected chi connectivity index (χ0v) is 11.2. The number of rotatable bonds is 2. The van der Waals surface area contributed by atoms with Crippen LogP contribution in [-0.4, -0.2) is 20.2 Å². The second kappa shape index (κ2) is 6.13. The van der Waals surface area contributed by atoms with E-state index >= 15 is 0 Å². The molecule has 2 atom stereocenters. The summed E-state index contributed by atoms with van der Waals surface area (Å²) in [6.07, 6.45) is 1.77. The maximum atomic E-state index is 12.4. The van der Waals surface area contributed by atoms with E-state index in [-0.39, 0.29) is 57.8 Å². The van der Waals surface area contributed by atoms with Crippen LogP contribution in [0.3, 0.4) is 0 Å². The molecule has 0 heterocycles. The molecule has 1 aliphatic carbocycles. The van der Waals surface area contributed by atoms with Crippen molar-refractivity contribution in [1.82, 2.24) is 0 Å². The van der Waals surface area contributed by atoms with E-state index in [0.717, 1.165) is 6.42 Å². The molecule has 0 aliphatic heterocycles. The van der Waals surface area contributed by atoms with Crippen LogP contribution in [0.2, 0.25) is 5.82 Å². The SMILES string of the molecule is COC1CCCCC1[B-](F)(F)F.[K+]. The molecule has 2 unspecified atom stereocenters. The molecule has 0 N–H and O–H groups in total. The summed E-state index contributed by atoms with van der Waals surface area (Å²) in [6, 6.07) is 0. The minimum Gasteiger partial charge on any atom is -0.449 e. The van der Waals surface area contributed by atoms with Gasteiger partial charge in [0.1, 0.15) is 0 Å². The zero-order valence-electron chi connectivity index (χ0n) is 8.10. The van der Waals surface area contributed by atoms with Gasteiger partial charge < -0.3 is 17.7 Å². The molecular formula is C7H13BF3KO. The van der Waals surface area contributed by atoms with Crippen LogP contribution in [0.4, 0.5) is 12.9 Å². The van der Waals surface area contributed by atoms with Crippen molar-refractivity contribution < 1.29 is 69.1 Å². The van der Waals surface area contributed by atoms with Crippen LogP contribution in [0, 0.1) is 0 Å². The average Bonchev–Trinajstić information content (AvgIpc) is 2.03. The molecule has 1 aliphatic rings. The van der Waals surface area contributed by atoms with Crippen molar-refractivity contribution in [3.05, 3.63) is 0 Å². The minimum atomic E-state index is -4.70. The Labute approximate surface area is 119 Å². The number of hydrogen-bond acceptors (Lipinski definition) is 1. The molecule has 13 heavy (non-hydrogen) atoms. The summed E-state index contributed by atoms with van der Waals surface area (Å²) >= 11 is 0. The molecule has 0 spiro atoms. The van der Waals surface area contributed by atoms with Gasteiger partial charge >= 0.3 is 58.4 Å². The zero-order chi connectivity index (χ0) is 9.19. The topological polar surface area (TPSA) is 9.23 Å². The quantitative estimate of drug-likeness (QED) is 0.585. The van der Waals surface area contributed by atoms with Crippen LogP contribution in [0.15, 0.2) is 0 Å². The van der Waals surface area contributed by atoms with Gasteiger partial charge in [-0.1, -0.05) is 19.3 Å². The van der Waals surface area contributed by atoms with E-state index in [9.17, 15) is 12.9 Å². The van der Waals surface area contributed by atoms with Crippen LogP contribution < -0.4 is 51.4 Å². The molecular weight excluding hydrogens is 207 g/mol. The minimum absolute atomic E-state index is 0. The molecule has 0 amide bonds. The second-order valence-corrected chi connectivity index (χ2v) is 3.35. The molecule has 0 saturated heterocycles. The fraction of sp³-hybridized carbons (Fsp3) is 1.00. The van der Waals surface area contributed by atoms with Gasteiger partial charge in [-0.25, -0.2) is 0 Å². The maximum absolute atomic E-state index is 12.4. The molecule has 1 fully saturated rings. The standard InChI is InChI=1S/C7H13BF3O.K/c1-12-7-5-3-2-4-6(7)8(9,10)11;/h6-7H,2-5H2,1H3;/q-1;+1. The Kier molecular flexibility index (Phi) is 6.81. The number of halogens is 3. The molecule has 0 radical (unpaired) electrons. The maximum Gasteiger partial charge on any atom is 1.00 e. The fourth-order valence-corrected chi connectivity index (χ4v) is 1.85. The molecule has 1 saturated carbocycles. The summed E-state index contributed by atoms with van der Waals surface area (Å²) in [5.41, 5.74) is 0. The van der Waals surface area contributed by atoms with Crippen LogP contribution >= 0.6 is 0 Å². The first kappa shape index (κ1) is 14.5. The fourth-order valence-electron chi connectivity index (χ4n) is 1.85. The van der Waals surface area contributed by atoms with Crippen LogP contribution in [0.25, 0.3) is 0 Å². The van der Waals surface area contributed by atoms with Gasteiger partial charge in [-0.15, -0.1) is 0 Å². The van der Waals surface area contributed by atoms with Crippen molar-refractivity contribution in [1.29, 1.82) is 0 Å². The predicted octanol–water partition coefficient (Wildman–Crippen LogP) is -0.203. The van der Waals surface area contributed by atoms with Gasteiger partial charge in [0.25, 0.3) is 0 Å². The van der Waals surface area contributed by atoms with Crippen LogP contribution in [0.1, 0.15) is 25.7 Å². The van der Waals surface area contributed by atoms with E-state index < -0.39 is 18.9 Å². The number of ether oxygens (including phenoxy) is 1. The van der Waals surface area contributed by atoms with Crippen molar-refractivity contribution in [3.63, 3.8) is 0 Å². The Hall–Kier alpha value is 1.45. The van der Waals surface area contributed by atoms with Crippen molar-refractivity contribution in [2.75, 3.05) is 7.11 Å². The Balaban J connectivity index is 0.00000144. The third-order valence-corrected chi connectivity index (χ3v) is 2.54. The second-order valence-electron chi connectivity index (χ2n) is 3.35. The Morgan fingerprint density at radius 3 is 2.08 bits per heavy atom. The van der Waals surface area contributed by atoms with E-state index in [4.69, 9.17) is 4.74 Å². The third-order valence-electron chi connectivity index (χ3n) is 2.54. The monoisotopic (exact) mass is 220 g/mol. The molecule has 0 aromatic rings. The van der Waals surface area contributed by atoms with Gasteiger partial charge in [0.15, 0.2) is 0 Å². The first-order valence-corrected chi connectivity index (χ1v) is 4.28. The molecule has 1 rings (SSSR count). The predicted molar refractivity (Wildman–Crippen MR) is 42.1 cm³/mol. The van der Waals surface area contributed by atoms with Crippen molar-refractivity contribution in [2.45, 2.75) is 37.6 Å². The van der Waals surface area contributed by atoms with Gasteiger partial charge in [0, 0.05) is 13.2 Å². The summed E-state index contributed by atoms with van der Waals surface area (Å²) in [7, 11) is 1.37. The van der Waals surface area contributed by atoms with E-state index in [0.29, 0.717) is 12.8 Å². The first-order valence-electron chi connectivity index (χ1n) is 4.28. The number of methoxy groups -OCH3 is 1. The van der Waals surface area contributed by atoms with Gasteiger partial charge in [-0.3, -0.25) is 0 Å². The molecule has 0 bridgehead atoms. The Bertz CT molecular complexity index is 153. The van der Waals surface area contributed by atoms with Crippen molar-refractivity contribution in [3.8, 4) is 0 Å². The van der Waals surface area contributed by atoms with E-state index in [1.165, 1.54) is 7.11 Å². The van der Waals surface area contributed by atoms with Gasteiger partial charge in [0.05, 0.1) is 0 Å². The molecule has 1 nitrogen and oxygen atoms in total. The number of hydrogen-bond donors (Lipinski definition) is 0. The average molecular weight is 220 g/mol. The van der Waals surface area contributed by atoms with Crippen molar-refractivity contribution in [2.24, 2.45) is 0 Å². The molecule has 0 aromatic heterocycles. The van der Waals surface area contributed by atoms with Gasteiger partial charge in [-0.05, 0) is 12.2 Å². The summed E-state index contributed by atoms with van der Waals surface area (Å²) in [5.74, 6) is -1.18. The van der Waals surface area contributed by atoms with E-state index in [1.807, 2.05) is 0 Å². The van der Waals surface area contributed by atoms with Crippen LogP contribution in [-0.2, 0) is 4.74 Å². The van der Waals surface area contributed by atoms with Crippen molar-refractivity contribution >= 4 is 6.98 Å². The molecule has 6 heteroatoms. The Morgan fingerprint density at radius 2 is 1.69 bits per heavy atom.